The first kappa shape index (κ1) is 49.8. The molecule has 350 valence electrons. The summed E-state index contributed by atoms with van der Waals surface area (Å²) in [7, 11) is -4.09. The van der Waals surface area contributed by atoms with E-state index in [4.69, 9.17) is 31.3 Å². The van der Waals surface area contributed by atoms with Crippen molar-refractivity contribution >= 4 is 49.8 Å². The van der Waals surface area contributed by atoms with Gasteiger partial charge in [-0.05, 0) is 88.9 Å². The highest BCUT2D eigenvalue weighted by Gasteiger charge is 2.43. The summed E-state index contributed by atoms with van der Waals surface area (Å²) in [6.07, 6.45) is 13.9. The summed E-state index contributed by atoms with van der Waals surface area (Å²) < 4.78 is 49.2. The smallest absolute Gasteiger partial charge is 0.264 e. The van der Waals surface area contributed by atoms with Gasteiger partial charge in [-0.25, -0.2) is 0 Å². The maximum Gasteiger partial charge on any atom is 0.264 e. The number of carbonyl (C=O) groups excluding carboxylic acids is 1. The highest BCUT2D eigenvalue weighted by atomic mass is 35.5. The van der Waals surface area contributed by atoms with E-state index in [1.54, 1.807) is 0 Å². The summed E-state index contributed by atoms with van der Waals surface area (Å²) in [5.74, 6) is -0.273. The molecule has 2 N–H and O–H groups in total. The fraction of sp³-hybridized carbons (Fsp3) is 0.500. The van der Waals surface area contributed by atoms with Gasteiger partial charge in [-0.2, -0.15) is 8.42 Å². The molecular formula is C50H65ClN6O7S. The predicted molar refractivity (Wildman–Crippen MR) is 261 cm³/mol. The summed E-state index contributed by atoms with van der Waals surface area (Å²) in [5.41, 5.74) is 15.8. The van der Waals surface area contributed by atoms with Gasteiger partial charge in [0.1, 0.15) is 0 Å². The summed E-state index contributed by atoms with van der Waals surface area (Å²) in [4.78, 5) is 19.9. The first-order valence-corrected chi connectivity index (χ1v) is 24.8. The zero-order valence-electron chi connectivity index (χ0n) is 38.3. The van der Waals surface area contributed by atoms with Crippen molar-refractivity contribution in [1.29, 1.82) is 0 Å². The normalized spacial score (nSPS) is 18.9. The lowest BCUT2D eigenvalue weighted by atomic mass is 9.80. The average Bonchev–Trinajstić information content (AvgIpc) is 3.81. The molecule has 3 aromatic carbocycles. The van der Waals surface area contributed by atoms with E-state index in [0.29, 0.717) is 65.7 Å². The molecule has 0 bridgehead atoms. The average molecular weight is 930 g/mol. The van der Waals surface area contributed by atoms with E-state index in [2.05, 4.69) is 132 Å². The number of para-hydroxylation sites is 1. The van der Waals surface area contributed by atoms with Crippen LogP contribution < -0.4 is 15.1 Å². The molecular weight excluding hydrogens is 864 g/mol. The summed E-state index contributed by atoms with van der Waals surface area (Å²) in [5, 5.41) is 9.45. The van der Waals surface area contributed by atoms with E-state index in [0.717, 1.165) is 71.6 Å². The number of fused-ring (bicyclic) bond motifs is 4. The van der Waals surface area contributed by atoms with Crippen LogP contribution in [0.1, 0.15) is 83.8 Å². The molecule has 2 aliphatic heterocycles. The number of hydrogen-bond acceptors (Lipinski definition) is 9. The van der Waals surface area contributed by atoms with Crippen LogP contribution in [0.15, 0.2) is 112 Å². The third-order valence-electron chi connectivity index (χ3n) is 12.7. The number of carbonyl (C=O) groups is 1. The summed E-state index contributed by atoms with van der Waals surface area (Å²) in [6.45, 7) is 13.6. The molecule has 0 spiro atoms. The van der Waals surface area contributed by atoms with E-state index in [1.165, 1.54) is 22.2 Å². The molecule has 0 radical (unpaired) electrons. The topological polar surface area (TPSA) is 166 Å². The maximum absolute atomic E-state index is 12.5. The lowest BCUT2D eigenvalue weighted by Gasteiger charge is -2.32. The Kier molecular flexibility index (Phi) is 17.7. The Morgan fingerprint density at radius 3 is 2.38 bits per heavy atom. The molecule has 3 aliphatic rings. The molecule has 6 rings (SSSR count). The van der Waals surface area contributed by atoms with Gasteiger partial charge in [0.25, 0.3) is 10.1 Å². The minimum Gasteiger partial charge on any atom is -0.379 e. The monoisotopic (exact) mass is 928 g/mol. The molecule has 1 amide bonds. The number of anilines is 2. The number of halogens is 1. The van der Waals surface area contributed by atoms with Gasteiger partial charge in [-0.15, -0.1) is 0 Å². The lowest BCUT2D eigenvalue weighted by Crippen LogP contribution is -2.40. The summed E-state index contributed by atoms with van der Waals surface area (Å²) in [6, 6.07) is 21.4. The van der Waals surface area contributed by atoms with Gasteiger partial charge >= 0.3 is 0 Å². The number of unbranched alkanes of at least 4 members (excludes halogenated alkanes) is 2. The van der Waals surface area contributed by atoms with E-state index in [1.807, 2.05) is 6.07 Å². The van der Waals surface area contributed by atoms with Crippen molar-refractivity contribution < 1.29 is 32.0 Å². The van der Waals surface area contributed by atoms with Gasteiger partial charge in [0.05, 0.1) is 51.4 Å². The zero-order valence-corrected chi connectivity index (χ0v) is 39.9. The number of nitrogens with zero attached hydrogens (tertiary/aromatic N) is 5. The Balaban J connectivity index is 1.04. The SMILES string of the molecule is CC1(C)/C(=C\C=C2/CCC(/C=C/C3N(CCCCCC(=O)NCCOCCOCCOCCN=[N+]=[N-])c4ccccc4C3(C)C)=C2Cl)N(CCCS(=O)(=O)O)c2ccc3ccccc3c21. The van der Waals surface area contributed by atoms with Crippen LogP contribution in [-0.2, 0) is 40.0 Å². The molecule has 1 aliphatic carbocycles. The molecule has 2 heterocycles. The number of nitrogens with one attached hydrogen (secondary N) is 1. The number of ether oxygens (including phenoxy) is 3. The number of azide groups is 1. The van der Waals surface area contributed by atoms with Crippen molar-refractivity contribution in [2.75, 3.05) is 81.4 Å². The van der Waals surface area contributed by atoms with Gasteiger partial charge < -0.3 is 29.3 Å². The zero-order chi connectivity index (χ0) is 46.5. The second-order valence-corrected chi connectivity index (χ2v) is 19.8. The molecule has 0 saturated heterocycles. The molecule has 0 fully saturated rings. The van der Waals surface area contributed by atoms with E-state index >= 15 is 0 Å². The second kappa shape index (κ2) is 23.2. The minimum absolute atomic E-state index is 0.0289. The van der Waals surface area contributed by atoms with Crippen LogP contribution in [-0.4, -0.2) is 96.5 Å². The Morgan fingerprint density at radius 1 is 0.892 bits per heavy atom. The summed E-state index contributed by atoms with van der Waals surface area (Å²) >= 11 is 7.21. The standard InChI is InChI=1S/C50H65ClN6O7S/c1-49(2)41-15-9-10-16-42(41)56(28-11-5-6-17-46(58)53-26-30-62-32-34-64-35-33-63-31-27-54-55-52)44(49)24-21-38-18-19-39(48(38)51)22-25-45-50(3,4)47-40-14-8-7-13-37(40)20-23-43(47)57(45)29-12-36-65(59,60)61/h7-10,13-16,20-25,44H,5-6,11-12,17-19,26-36H2,1-4H3,(H,53,58)(H,59,60,61)/b24-21+,39-22+,45-25+. The van der Waals surface area contributed by atoms with Gasteiger partial charge in [0, 0.05) is 70.4 Å². The Hall–Kier alpha value is -4.66. The van der Waals surface area contributed by atoms with Gasteiger partial charge in [0.15, 0.2) is 0 Å². The molecule has 3 aromatic rings. The number of hydrogen-bond donors (Lipinski definition) is 2. The molecule has 1 unspecified atom stereocenters. The van der Waals surface area contributed by atoms with Crippen molar-refractivity contribution in [2.24, 2.45) is 5.11 Å². The molecule has 0 aromatic heterocycles. The maximum atomic E-state index is 12.5. The van der Waals surface area contributed by atoms with Crippen molar-refractivity contribution in [1.82, 2.24) is 5.32 Å². The Bertz CT molecular complexity index is 2420. The Morgan fingerprint density at radius 2 is 1.62 bits per heavy atom. The largest absolute Gasteiger partial charge is 0.379 e. The highest BCUT2D eigenvalue weighted by Crippen LogP contribution is 2.51. The highest BCUT2D eigenvalue weighted by molar-refractivity contribution is 7.85. The first-order valence-electron chi connectivity index (χ1n) is 22.8. The minimum atomic E-state index is -4.09. The predicted octanol–water partition coefficient (Wildman–Crippen LogP) is 10.1. The number of amides is 1. The van der Waals surface area contributed by atoms with Gasteiger partial charge in [-0.1, -0.05) is 118 Å². The third kappa shape index (κ3) is 12.8. The van der Waals surface area contributed by atoms with Crippen LogP contribution in [0.2, 0.25) is 0 Å². The van der Waals surface area contributed by atoms with Gasteiger partial charge in [0.2, 0.25) is 5.91 Å². The van der Waals surface area contributed by atoms with Crippen LogP contribution in [0.5, 0.6) is 0 Å². The van der Waals surface area contributed by atoms with Crippen LogP contribution in [0.3, 0.4) is 0 Å². The fourth-order valence-electron chi connectivity index (χ4n) is 9.44. The molecule has 15 heteroatoms. The van der Waals surface area contributed by atoms with E-state index in [9.17, 15) is 17.8 Å². The van der Waals surface area contributed by atoms with Gasteiger partial charge in [-0.3, -0.25) is 9.35 Å². The fourth-order valence-corrected chi connectivity index (χ4v) is 10.2. The van der Waals surface area contributed by atoms with Crippen LogP contribution >= 0.6 is 11.6 Å². The van der Waals surface area contributed by atoms with E-state index < -0.39 is 10.1 Å². The van der Waals surface area contributed by atoms with Crippen LogP contribution in [0, 0.1) is 0 Å². The van der Waals surface area contributed by atoms with E-state index in [-0.39, 0.29) is 35.0 Å². The quantitative estimate of drug-likeness (QED) is 0.0276. The first-order chi connectivity index (χ1) is 31.2. The molecule has 13 nitrogen and oxygen atoms in total. The van der Waals surface area contributed by atoms with Crippen molar-refractivity contribution in [3.63, 3.8) is 0 Å². The number of rotatable bonds is 25. The van der Waals surface area contributed by atoms with Crippen LogP contribution in [0.25, 0.3) is 21.2 Å². The molecule has 65 heavy (non-hydrogen) atoms. The molecule has 0 saturated carbocycles. The number of allylic oxidation sites excluding steroid dienone is 7. The third-order valence-corrected chi connectivity index (χ3v) is 14.0. The van der Waals surface area contributed by atoms with Crippen molar-refractivity contribution in [2.45, 2.75) is 89.5 Å². The second-order valence-electron chi connectivity index (χ2n) is 17.9. The van der Waals surface area contributed by atoms with Crippen LogP contribution in [0.4, 0.5) is 11.4 Å². The molecule has 1 atom stereocenters. The van der Waals surface area contributed by atoms with Crippen molar-refractivity contribution in [3.8, 4) is 0 Å². The number of benzene rings is 3. The Labute approximate surface area is 389 Å². The lowest BCUT2D eigenvalue weighted by molar-refractivity contribution is -0.121. The van der Waals surface area contributed by atoms with Crippen molar-refractivity contribution in [3.05, 3.63) is 128 Å².